The Balaban J connectivity index is 1.91. The molecule has 0 bridgehead atoms. The van der Waals surface area contributed by atoms with Gasteiger partial charge in [0.15, 0.2) is 0 Å². The number of para-hydroxylation sites is 1. The number of urea groups is 1. The third kappa shape index (κ3) is 6.93. The smallest absolute Gasteiger partial charge is 0.315 e. The van der Waals surface area contributed by atoms with Crippen LogP contribution in [0.5, 0.6) is 0 Å². The second-order valence-electron chi connectivity index (χ2n) is 6.98. The van der Waals surface area contributed by atoms with Gasteiger partial charge in [0.05, 0.1) is 22.3 Å². The number of benzene rings is 2. The Morgan fingerprint density at radius 3 is 2.17 bits per heavy atom. The minimum Gasteiger partial charge on any atom is -0.336 e. The molecule has 0 spiro atoms. The molecular weight excluding hydrogens is 427 g/mol. The van der Waals surface area contributed by atoms with E-state index in [1.807, 2.05) is 13.8 Å². The Kier molecular flexibility index (Phi) is 8.50. The van der Waals surface area contributed by atoms with Gasteiger partial charge in [-0.25, -0.2) is 4.79 Å². The molecule has 0 atom stereocenters. The van der Waals surface area contributed by atoms with Gasteiger partial charge in [-0.15, -0.1) is 0 Å². The summed E-state index contributed by atoms with van der Waals surface area (Å²) in [5, 5.41) is 8.73. The normalized spacial score (nSPS) is 10.5. The molecule has 2 rings (SSSR count). The van der Waals surface area contributed by atoms with Crippen LogP contribution in [0.15, 0.2) is 42.5 Å². The van der Waals surface area contributed by atoms with Crippen LogP contribution in [0.4, 0.5) is 10.5 Å². The van der Waals surface area contributed by atoms with Gasteiger partial charge < -0.3 is 20.9 Å². The fraction of sp³-hybridized carbons (Fsp3) is 0.286. The van der Waals surface area contributed by atoms with E-state index in [4.69, 9.17) is 23.2 Å². The van der Waals surface area contributed by atoms with Gasteiger partial charge in [0, 0.05) is 25.2 Å². The van der Waals surface area contributed by atoms with Gasteiger partial charge in [-0.05, 0) is 43.7 Å². The van der Waals surface area contributed by atoms with Crippen molar-refractivity contribution < 1.29 is 14.4 Å². The minimum atomic E-state index is -0.419. The summed E-state index contributed by atoms with van der Waals surface area (Å²) in [7, 11) is 1.53. The van der Waals surface area contributed by atoms with Crippen LogP contribution in [0, 0.1) is 0 Å². The van der Waals surface area contributed by atoms with Crippen LogP contribution in [0.2, 0.25) is 10.0 Å². The van der Waals surface area contributed by atoms with Crippen LogP contribution < -0.4 is 16.0 Å². The molecule has 0 heterocycles. The summed E-state index contributed by atoms with van der Waals surface area (Å²) in [6.45, 7) is 3.92. The van der Waals surface area contributed by atoms with Gasteiger partial charge in [-0.2, -0.15) is 0 Å². The molecule has 0 aliphatic rings. The van der Waals surface area contributed by atoms with Crippen molar-refractivity contribution in [3.63, 3.8) is 0 Å². The number of halogens is 2. The van der Waals surface area contributed by atoms with Gasteiger partial charge in [0.2, 0.25) is 5.91 Å². The highest BCUT2D eigenvalue weighted by Crippen LogP contribution is 2.29. The first-order valence-corrected chi connectivity index (χ1v) is 10.1. The standard InChI is InChI=1S/C21H24Cl2N4O3/c1-13(2)25-21(30)24-11-14-7-9-15(10-8-14)20(29)27(3)12-18(28)26-19-16(22)5-4-6-17(19)23/h4-10,13H,11-12H2,1-3H3,(H,26,28)(H2,24,25,30). The first-order valence-electron chi connectivity index (χ1n) is 9.30. The molecule has 2 aromatic rings. The Morgan fingerprint density at radius 2 is 1.60 bits per heavy atom. The zero-order chi connectivity index (χ0) is 22.3. The number of anilines is 1. The van der Waals surface area contributed by atoms with Gasteiger partial charge in [0.1, 0.15) is 0 Å². The predicted octanol–water partition coefficient (Wildman–Crippen LogP) is 3.91. The Labute approximate surface area is 185 Å². The summed E-state index contributed by atoms with van der Waals surface area (Å²) in [6, 6.07) is 11.5. The van der Waals surface area contributed by atoms with Crippen LogP contribution in [0.3, 0.4) is 0 Å². The predicted molar refractivity (Wildman–Crippen MR) is 119 cm³/mol. The van der Waals surface area contributed by atoms with Crippen LogP contribution in [0.25, 0.3) is 0 Å². The van der Waals surface area contributed by atoms with Crippen molar-refractivity contribution in [2.75, 3.05) is 18.9 Å². The van der Waals surface area contributed by atoms with Crippen molar-refractivity contribution in [1.82, 2.24) is 15.5 Å². The molecule has 3 N–H and O–H groups in total. The topological polar surface area (TPSA) is 90.5 Å². The summed E-state index contributed by atoms with van der Waals surface area (Å²) in [6.07, 6.45) is 0. The Hall–Kier alpha value is -2.77. The van der Waals surface area contributed by atoms with E-state index in [1.54, 1.807) is 42.5 Å². The number of likely N-dealkylation sites (N-methyl/N-ethyl adjacent to an activating group) is 1. The fourth-order valence-electron chi connectivity index (χ4n) is 2.56. The number of amides is 4. The fourth-order valence-corrected chi connectivity index (χ4v) is 3.06. The lowest BCUT2D eigenvalue weighted by atomic mass is 10.1. The van der Waals surface area contributed by atoms with E-state index < -0.39 is 5.91 Å². The van der Waals surface area contributed by atoms with Gasteiger partial charge in [-0.1, -0.05) is 41.4 Å². The zero-order valence-corrected chi connectivity index (χ0v) is 18.5. The molecule has 0 unspecified atom stereocenters. The maximum atomic E-state index is 12.6. The quantitative estimate of drug-likeness (QED) is 0.596. The van der Waals surface area contributed by atoms with E-state index in [1.165, 1.54) is 11.9 Å². The number of hydrogen-bond acceptors (Lipinski definition) is 3. The molecule has 0 aliphatic carbocycles. The number of hydrogen-bond donors (Lipinski definition) is 3. The molecule has 2 aromatic carbocycles. The summed E-state index contributed by atoms with van der Waals surface area (Å²) < 4.78 is 0. The van der Waals surface area contributed by atoms with Crippen molar-refractivity contribution in [3.05, 3.63) is 63.6 Å². The van der Waals surface area contributed by atoms with Crippen LogP contribution in [0.1, 0.15) is 29.8 Å². The van der Waals surface area contributed by atoms with Crippen molar-refractivity contribution >= 4 is 46.7 Å². The van der Waals surface area contributed by atoms with Gasteiger partial charge in [-0.3, -0.25) is 9.59 Å². The Morgan fingerprint density at radius 1 is 1.00 bits per heavy atom. The summed E-state index contributed by atoms with van der Waals surface area (Å²) in [4.78, 5) is 37.8. The molecule has 30 heavy (non-hydrogen) atoms. The SMILES string of the molecule is CC(C)NC(=O)NCc1ccc(C(=O)N(C)CC(=O)Nc2c(Cl)cccc2Cl)cc1. The van der Waals surface area contributed by atoms with Gasteiger partial charge in [0.25, 0.3) is 5.91 Å². The second-order valence-corrected chi connectivity index (χ2v) is 7.80. The van der Waals surface area contributed by atoms with Crippen LogP contribution in [-0.4, -0.2) is 42.4 Å². The summed E-state index contributed by atoms with van der Waals surface area (Å²) in [5.74, 6) is -0.731. The molecule has 0 fully saturated rings. The molecule has 0 saturated heterocycles. The van der Waals surface area contributed by atoms with Crippen LogP contribution in [-0.2, 0) is 11.3 Å². The lowest BCUT2D eigenvalue weighted by Crippen LogP contribution is -2.39. The molecule has 0 saturated carbocycles. The number of nitrogens with zero attached hydrogens (tertiary/aromatic N) is 1. The highest BCUT2D eigenvalue weighted by molar-refractivity contribution is 6.39. The lowest BCUT2D eigenvalue weighted by molar-refractivity contribution is -0.116. The average molecular weight is 451 g/mol. The lowest BCUT2D eigenvalue weighted by Gasteiger charge is -2.18. The number of carbonyl (C=O) groups is 3. The molecule has 160 valence electrons. The summed E-state index contributed by atoms with van der Waals surface area (Å²) >= 11 is 12.1. The van der Waals surface area contributed by atoms with E-state index in [-0.39, 0.29) is 24.5 Å². The van der Waals surface area contributed by atoms with Gasteiger partial charge >= 0.3 is 6.03 Å². The largest absolute Gasteiger partial charge is 0.336 e. The minimum absolute atomic E-state index is 0.0478. The number of nitrogens with one attached hydrogen (secondary N) is 3. The third-order valence-electron chi connectivity index (χ3n) is 4.03. The first-order chi connectivity index (χ1) is 14.2. The molecule has 0 radical (unpaired) electrons. The molecule has 9 heteroatoms. The van der Waals surface area contributed by atoms with Crippen molar-refractivity contribution in [2.24, 2.45) is 0 Å². The maximum Gasteiger partial charge on any atom is 0.315 e. The monoisotopic (exact) mass is 450 g/mol. The van der Waals surface area contributed by atoms with E-state index >= 15 is 0 Å². The zero-order valence-electron chi connectivity index (χ0n) is 17.0. The maximum absolute atomic E-state index is 12.6. The van der Waals surface area contributed by atoms with E-state index in [9.17, 15) is 14.4 Å². The second kappa shape index (κ2) is 10.8. The molecule has 0 aliphatic heterocycles. The number of carbonyl (C=O) groups excluding carboxylic acids is 3. The van der Waals surface area contributed by atoms with E-state index in [0.717, 1.165) is 5.56 Å². The average Bonchev–Trinajstić information content (AvgIpc) is 2.68. The molecule has 7 nitrogen and oxygen atoms in total. The van der Waals surface area contributed by atoms with Crippen molar-refractivity contribution in [1.29, 1.82) is 0 Å². The molecular formula is C21H24Cl2N4O3. The highest BCUT2D eigenvalue weighted by Gasteiger charge is 2.17. The van der Waals surface area contributed by atoms with Crippen LogP contribution >= 0.6 is 23.2 Å². The first kappa shape index (κ1) is 23.5. The molecule has 0 aromatic heterocycles. The van der Waals surface area contributed by atoms with Crippen molar-refractivity contribution in [3.8, 4) is 0 Å². The summed E-state index contributed by atoms with van der Waals surface area (Å²) in [5.41, 5.74) is 1.58. The molecule has 4 amide bonds. The number of rotatable bonds is 7. The van der Waals surface area contributed by atoms with E-state index in [2.05, 4.69) is 16.0 Å². The van der Waals surface area contributed by atoms with E-state index in [0.29, 0.717) is 27.8 Å². The Bertz CT molecular complexity index is 897. The highest BCUT2D eigenvalue weighted by atomic mass is 35.5. The third-order valence-corrected chi connectivity index (χ3v) is 4.66. The van der Waals surface area contributed by atoms with Crippen molar-refractivity contribution in [2.45, 2.75) is 26.4 Å².